The lowest BCUT2D eigenvalue weighted by Crippen LogP contribution is -2.49. The third-order valence-corrected chi connectivity index (χ3v) is 6.52. The van der Waals surface area contributed by atoms with Crippen LogP contribution in [0.25, 0.3) is 10.2 Å². The van der Waals surface area contributed by atoms with E-state index in [0.717, 1.165) is 33.6 Å². The highest BCUT2D eigenvalue weighted by molar-refractivity contribution is 8.01. The molecule has 9 heteroatoms. The van der Waals surface area contributed by atoms with Crippen LogP contribution >= 0.6 is 34.7 Å². The number of thiazole rings is 1. The van der Waals surface area contributed by atoms with Gasteiger partial charge < -0.3 is 9.80 Å². The van der Waals surface area contributed by atoms with Gasteiger partial charge in [-0.2, -0.15) is 0 Å². The van der Waals surface area contributed by atoms with E-state index in [1.54, 1.807) is 29.8 Å². The van der Waals surface area contributed by atoms with Gasteiger partial charge in [-0.15, -0.1) is 11.3 Å². The van der Waals surface area contributed by atoms with Gasteiger partial charge in [0.25, 0.3) is 0 Å². The number of benzene rings is 1. The van der Waals surface area contributed by atoms with E-state index >= 15 is 0 Å². The Kier molecular flexibility index (Phi) is 5.23. The fourth-order valence-corrected chi connectivity index (χ4v) is 4.88. The molecule has 1 aromatic carbocycles. The minimum Gasteiger partial charge on any atom is -0.338 e. The molecule has 0 atom stereocenters. The molecule has 0 bridgehead atoms. The molecule has 0 aliphatic carbocycles. The maximum atomic E-state index is 12.5. The zero-order valence-electron chi connectivity index (χ0n) is 13.8. The van der Waals surface area contributed by atoms with Crippen LogP contribution in [0.4, 0.5) is 5.95 Å². The summed E-state index contributed by atoms with van der Waals surface area (Å²) in [5.41, 5.74) is 0.883. The molecular formula is C17H16ClN5OS2. The Labute approximate surface area is 164 Å². The minimum absolute atomic E-state index is 0.140. The number of piperazine rings is 1. The normalized spacial score (nSPS) is 14.8. The molecule has 0 N–H and O–H groups in total. The molecule has 1 fully saturated rings. The van der Waals surface area contributed by atoms with E-state index in [1.165, 1.54) is 11.8 Å². The number of anilines is 1. The van der Waals surface area contributed by atoms with Gasteiger partial charge in [0.2, 0.25) is 11.9 Å². The average Bonchev–Trinajstić information content (AvgIpc) is 3.09. The first kappa shape index (κ1) is 17.5. The highest BCUT2D eigenvalue weighted by Gasteiger charge is 2.22. The van der Waals surface area contributed by atoms with Crippen LogP contribution in [0, 0.1) is 0 Å². The van der Waals surface area contributed by atoms with Gasteiger partial charge in [0, 0.05) is 43.6 Å². The molecular weight excluding hydrogens is 390 g/mol. The summed E-state index contributed by atoms with van der Waals surface area (Å²) in [7, 11) is 0. The monoisotopic (exact) mass is 405 g/mol. The summed E-state index contributed by atoms with van der Waals surface area (Å²) in [6, 6.07) is 7.48. The number of carbonyl (C=O) groups excluding carboxylic acids is 1. The zero-order valence-corrected chi connectivity index (χ0v) is 16.2. The number of fused-ring (bicyclic) bond motifs is 1. The third kappa shape index (κ3) is 3.92. The predicted octanol–water partition coefficient (Wildman–Crippen LogP) is 3.18. The number of carbonyl (C=O) groups is 1. The summed E-state index contributed by atoms with van der Waals surface area (Å²) in [6.45, 7) is 2.88. The van der Waals surface area contributed by atoms with E-state index in [-0.39, 0.29) is 5.91 Å². The molecule has 0 spiro atoms. The quantitative estimate of drug-likeness (QED) is 0.621. The molecule has 0 saturated carbocycles. The maximum absolute atomic E-state index is 12.5. The number of hydrogen-bond acceptors (Lipinski definition) is 7. The summed E-state index contributed by atoms with van der Waals surface area (Å²) in [4.78, 5) is 29.6. The highest BCUT2D eigenvalue weighted by atomic mass is 35.5. The van der Waals surface area contributed by atoms with Crippen molar-refractivity contribution in [1.29, 1.82) is 0 Å². The van der Waals surface area contributed by atoms with Gasteiger partial charge in [-0.25, -0.2) is 15.0 Å². The third-order valence-electron chi connectivity index (χ3n) is 4.12. The van der Waals surface area contributed by atoms with Gasteiger partial charge in [-0.05, 0) is 24.3 Å². The molecule has 1 aliphatic heterocycles. The number of hydrogen-bond donors (Lipinski definition) is 0. The summed E-state index contributed by atoms with van der Waals surface area (Å²) in [6.07, 6.45) is 3.48. The number of rotatable bonds is 4. The molecule has 2 aromatic heterocycles. The lowest BCUT2D eigenvalue weighted by atomic mass is 10.3. The fourth-order valence-electron chi connectivity index (χ4n) is 2.77. The van der Waals surface area contributed by atoms with Crippen LogP contribution in [0.2, 0.25) is 5.02 Å². The van der Waals surface area contributed by atoms with Crippen LogP contribution in [0.3, 0.4) is 0 Å². The minimum atomic E-state index is 0.140. The van der Waals surface area contributed by atoms with Crippen molar-refractivity contribution in [3.05, 3.63) is 41.7 Å². The number of nitrogens with zero attached hydrogens (tertiary/aromatic N) is 5. The van der Waals surface area contributed by atoms with Gasteiger partial charge >= 0.3 is 0 Å². The molecule has 1 aliphatic rings. The van der Waals surface area contributed by atoms with E-state index in [2.05, 4.69) is 19.9 Å². The Bertz CT molecular complexity index is 912. The van der Waals surface area contributed by atoms with Gasteiger partial charge in [-0.3, -0.25) is 4.79 Å². The molecule has 26 heavy (non-hydrogen) atoms. The maximum Gasteiger partial charge on any atom is 0.233 e. The standard InChI is InChI=1S/C17H16ClN5OS2/c18-12-2-3-14-13(10-12)21-17(26-14)25-11-15(24)22-6-8-23(9-7-22)16-19-4-1-5-20-16/h1-5,10H,6-9,11H2. The highest BCUT2D eigenvalue weighted by Crippen LogP contribution is 2.31. The first-order chi connectivity index (χ1) is 12.7. The predicted molar refractivity (Wildman–Crippen MR) is 106 cm³/mol. The molecule has 3 aromatic rings. The van der Waals surface area contributed by atoms with E-state index in [9.17, 15) is 4.79 Å². The Morgan fingerprint density at radius 3 is 2.73 bits per heavy atom. The number of thioether (sulfide) groups is 1. The van der Waals surface area contributed by atoms with Gasteiger partial charge in [0.15, 0.2) is 4.34 Å². The van der Waals surface area contributed by atoms with Crippen LogP contribution in [0.1, 0.15) is 0 Å². The molecule has 134 valence electrons. The van der Waals surface area contributed by atoms with Crippen molar-refractivity contribution in [3.63, 3.8) is 0 Å². The molecule has 0 unspecified atom stereocenters. The van der Waals surface area contributed by atoms with E-state index < -0.39 is 0 Å². The van der Waals surface area contributed by atoms with Crippen molar-refractivity contribution < 1.29 is 4.79 Å². The van der Waals surface area contributed by atoms with Crippen LogP contribution in [0.5, 0.6) is 0 Å². The van der Waals surface area contributed by atoms with Gasteiger partial charge in [-0.1, -0.05) is 23.4 Å². The van der Waals surface area contributed by atoms with Crippen molar-refractivity contribution in [2.24, 2.45) is 0 Å². The Morgan fingerprint density at radius 1 is 1.19 bits per heavy atom. The Hall–Kier alpha value is -1.90. The number of halogens is 1. The van der Waals surface area contributed by atoms with Crippen LogP contribution in [-0.2, 0) is 4.79 Å². The summed E-state index contributed by atoms with van der Waals surface area (Å²) < 4.78 is 1.98. The SMILES string of the molecule is O=C(CSc1nc2cc(Cl)ccc2s1)N1CCN(c2ncccn2)CC1. The second-order valence-electron chi connectivity index (χ2n) is 5.80. The number of amides is 1. The zero-order chi connectivity index (χ0) is 17.9. The van der Waals surface area contributed by atoms with Gasteiger partial charge in [0.1, 0.15) is 0 Å². The number of aromatic nitrogens is 3. The molecule has 1 amide bonds. The second kappa shape index (κ2) is 7.77. The van der Waals surface area contributed by atoms with Crippen molar-refractivity contribution in [2.45, 2.75) is 4.34 Å². The van der Waals surface area contributed by atoms with E-state index in [0.29, 0.717) is 23.9 Å². The molecule has 4 rings (SSSR count). The van der Waals surface area contributed by atoms with Crippen LogP contribution < -0.4 is 4.90 Å². The van der Waals surface area contributed by atoms with Crippen molar-refractivity contribution in [2.75, 3.05) is 36.8 Å². The molecule has 3 heterocycles. The molecule has 6 nitrogen and oxygen atoms in total. The largest absolute Gasteiger partial charge is 0.338 e. The second-order valence-corrected chi connectivity index (χ2v) is 8.49. The molecule has 1 saturated heterocycles. The topological polar surface area (TPSA) is 62.2 Å². The summed E-state index contributed by atoms with van der Waals surface area (Å²) in [5.74, 6) is 1.26. The fraction of sp³-hybridized carbons (Fsp3) is 0.294. The lowest BCUT2D eigenvalue weighted by molar-refractivity contribution is -0.128. The van der Waals surface area contributed by atoms with Crippen LogP contribution in [0.15, 0.2) is 41.0 Å². The lowest BCUT2D eigenvalue weighted by Gasteiger charge is -2.34. The van der Waals surface area contributed by atoms with Gasteiger partial charge in [0.05, 0.1) is 16.0 Å². The average molecular weight is 406 g/mol. The first-order valence-corrected chi connectivity index (χ1v) is 10.4. The summed E-state index contributed by atoms with van der Waals surface area (Å²) >= 11 is 9.07. The first-order valence-electron chi connectivity index (χ1n) is 8.18. The van der Waals surface area contributed by atoms with Crippen LogP contribution in [-0.4, -0.2) is 57.7 Å². The van der Waals surface area contributed by atoms with E-state index in [1.807, 2.05) is 23.1 Å². The van der Waals surface area contributed by atoms with Crippen molar-refractivity contribution >= 4 is 56.8 Å². The Morgan fingerprint density at radius 2 is 1.96 bits per heavy atom. The van der Waals surface area contributed by atoms with Crippen molar-refractivity contribution in [3.8, 4) is 0 Å². The van der Waals surface area contributed by atoms with E-state index in [4.69, 9.17) is 11.6 Å². The smallest absolute Gasteiger partial charge is 0.233 e. The molecule has 0 radical (unpaired) electrons. The Balaban J connectivity index is 1.31. The summed E-state index contributed by atoms with van der Waals surface area (Å²) in [5, 5.41) is 0.677. The van der Waals surface area contributed by atoms with Crippen molar-refractivity contribution in [1.82, 2.24) is 19.9 Å².